The minimum absolute atomic E-state index is 0.136. The van der Waals surface area contributed by atoms with Gasteiger partial charge in [0, 0.05) is 29.8 Å². The molecule has 4 aromatic rings. The van der Waals surface area contributed by atoms with Gasteiger partial charge in [-0.15, -0.1) is 0 Å². The van der Waals surface area contributed by atoms with Gasteiger partial charge < -0.3 is 20.1 Å². The van der Waals surface area contributed by atoms with Crippen molar-refractivity contribution < 1.29 is 23.5 Å². The number of benzene rings is 4. The predicted molar refractivity (Wildman–Crippen MR) is 146 cm³/mol. The molecular weight excluding hydrogens is 483 g/mol. The fraction of sp³-hybridized carbons (Fsp3) is 0.161. The summed E-state index contributed by atoms with van der Waals surface area (Å²) >= 11 is 0. The van der Waals surface area contributed by atoms with Crippen LogP contribution in [0.25, 0.3) is 0 Å². The number of anilines is 2. The number of ether oxygens (including phenoxy) is 2. The minimum Gasteiger partial charge on any atom is -0.492 e. The largest absolute Gasteiger partial charge is 0.492 e. The molecule has 0 amide bonds. The molecule has 0 aliphatic rings. The Bertz CT molecular complexity index is 1360. The molecule has 38 heavy (non-hydrogen) atoms. The first-order valence-electron chi connectivity index (χ1n) is 12.3. The van der Waals surface area contributed by atoms with Crippen LogP contribution in [-0.2, 0) is 16.0 Å². The summed E-state index contributed by atoms with van der Waals surface area (Å²) < 4.78 is 24.5. The van der Waals surface area contributed by atoms with Gasteiger partial charge in [0.25, 0.3) is 0 Å². The SMILES string of the molecule is COC(=O)[C@H](Cc1ccc(OCCNc2ccccc2F)cc1)Nc1ccccc1C(=O)c1ccccc1. The Balaban J connectivity index is 1.38. The van der Waals surface area contributed by atoms with Gasteiger partial charge in [0.1, 0.15) is 24.2 Å². The summed E-state index contributed by atoms with van der Waals surface area (Å²) in [6, 6.07) is 29.3. The fourth-order valence-electron chi connectivity index (χ4n) is 3.99. The van der Waals surface area contributed by atoms with Crippen molar-refractivity contribution in [3.8, 4) is 5.75 Å². The van der Waals surface area contributed by atoms with Gasteiger partial charge in [-0.25, -0.2) is 9.18 Å². The number of halogens is 1. The highest BCUT2D eigenvalue weighted by Gasteiger charge is 2.22. The lowest BCUT2D eigenvalue weighted by Gasteiger charge is -2.20. The Kier molecular flexibility index (Phi) is 9.07. The Morgan fingerprint density at radius 1 is 0.816 bits per heavy atom. The van der Waals surface area contributed by atoms with Crippen LogP contribution in [0.2, 0.25) is 0 Å². The van der Waals surface area contributed by atoms with E-state index in [0.717, 1.165) is 5.56 Å². The second-order valence-electron chi connectivity index (χ2n) is 8.56. The van der Waals surface area contributed by atoms with E-state index in [-0.39, 0.29) is 11.6 Å². The molecule has 4 aromatic carbocycles. The van der Waals surface area contributed by atoms with Crippen molar-refractivity contribution in [2.45, 2.75) is 12.5 Å². The maximum atomic E-state index is 13.7. The highest BCUT2D eigenvalue weighted by atomic mass is 19.1. The van der Waals surface area contributed by atoms with Crippen LogP contribution in [0.1, 0.15) is 21.5 Å². The van der Waals surface area contributed by atoms with Gasteiger partial charge in [-0.05, 0) is 42.0 Å². The number of rotatable bonds is 12. The number of carbonyl (C=O) groups is 2. The van der Waals surface area contributed by atoms with Crippen molar-refractivity contribution in [2.24, 2.45) is 0 Å². The van der Waals surface area contributed by atoms with E-state index in [9.17, 15) is 14.0 Å². The van der Waals surface area contributed by atoms with Crippen LogP contribution < -0.4 is 15.4 Å². The van der Waals surface area contributed by atoms with E-state index in [0.29, 0.717) is 47.8 Å². The summed E-state index contributed by atoms with van der Waals surface area (Å²) in [5.41, 5.74) is 2.91. The highest BCUT2D eigenvalue weighted by Crippen LogP contribution is 2.22. The van der Waals surface area contributed by atoms with Gasteiger partial charge >= 0.3 is 5.97 Å². The van der Waals surface area contributed by atoms with Crippen molar-refractivity contribution in [3.05, 3.63) is 126 Å². The average Bonchev–Trinajstić information content (AvgIpc) is 2.96. The zero-order valence-electron chi connectivity index (χ0n) is 21.0. The van der Waals surface area contributed by atoms with Gasteiger partial charge in [-0.3, -0.25) is 4.79 Å². The third-order valence-electron chi connectivity index (χ3n) is 5.95. The zero-order valence-corrected chi connectivity index (χ0v) is 21.0. The number of hydrogen-bond acceptors (Lipinski definition) is 6. The molecule has 0 unspecified atom stereocenters. The van der Waals surface area contributed by atoms with Crippen molar-refractivity contribution >= 4 is 23.1 Å². The monoisotopic (exact) mass is 512 g/mol. The molecule has 0 aliphatic carbocycles. The van der Waals surface area contributed by atoms with E-state index >= 15 is 0 Å². The van der Waals surface area contributed by atoms with Crippen LogP contribution in [0.4, 0.5) is 15.8 Å². The number of nitrogens with one attached hydrogen (secondary N) is 2. The molecule has 4 rings (SSSR count). The van der Waals surface area contributed by atoms with Crippen LogP contribution in [0.15, 0.2) is 103 Å². The summed E-state index contributed by atoms with van der Waals surface area (Å²) in [5, 5.41) is 6.21. The summed E-state index contributed by atoms with van der Waals surface area (Å²) in [5.74, 6) is -0.224. The molecule has 0 aliphatic heterocycles. The van der Waals surface area contributed by atoms with Crippen LogP contribution in [0.5, 0.6) is 5.75 Å². The second-order valence-corrected chi connectivity index (χ2v) is 8.56. The molecule has 0 radical (unpaired) electrons. The van der Waals surface area contributed by atoms with E-state index in [2.05, 4.69) is 10.6 Å². The number of hydrogen-bond donors (Lipinski definition) is 2. The van der Waals surface area contributed by atoms with Crippen molar-refractivity contribution in [3.63, 3.8) is 0 Å². The maximum Gasteiger partial charge on any atom is 0.328 e. The molecule has 0 saturated heterocycles. The fourth-order valence-corrected chi connectivity index (χ4v) is 3.99. The Labute approximate surface area is 221 Å². The molecule has 0 aromatic heterocycles. The van der Waals surface area contributed by atoms with Crippen molar-refractivity contribution in [2.75, 3.05) is 30.9 Å². The number of para-hydroxylation sites is 2. The van der Waals surface area contributed by atoms with Crippen molar-refractivity contribution in [1.82, 2.24) is 0 Å². The number of carbonyl (C=O) groups excluding carboxylic acids is 2. The standard InChI is InChI=1S/C31H29FN2O4/c1-37-31(36)29(34-27-13-7-5-11-25(27)30(35)23-9-3-2-4-10-23)21-22-15-17-24(18-16-22)38-20-19-33-28-14-8-6-12-26(28)32/h2-18,29,33-34H,19-21H2,1H3/t29-/m0/s1. The Morgan fingerprint density at radius 2 is 1.47 bits per heavy atom. The van der Waals surface area contributed by atoms with Gasteiger partial charge in [0.15, 0.2) is 5.78 Å². The van der Waals surface area contributed by atoms with Crippen LogP contribution in [0.3, 0.4) is 0 Å². The first kappa shape index (κ1) is 26.4. The van der Waals surface area contributed by atoms with Crippen LogP contribution in [0, 0.1) is 5.82 Å². The smallest absolute Gasteiger partial charge is 0.328 e. The third-order valence-corrected chi connectivity index (χ3v) is 5.95. The average molecular weight is 513 g/mol. The van der Waals surface area contributed by atoms with Gasteiger partial charge in [-0.1, -0.05) is 66.7 Å². The second kappa shape index (κ2) is 13.1. The number of methoxy groups -OCH3 is 1. The highest BCUT2D eigenvalue weighted by molar-refractivity contribution is 6.12. The molecule has 1 atom stereocenters. The Hall–Kier alpha value is -4.65. The molecule has 194 valence electrons. The topological polar surface area (TPSA) is 76.7 Å². The lowest BCUT2D eigenvalue weighted by Crippen LogP contribution is -2.33. The molecular formula is C31H29FN2O4. The molecule has 2 N–H and O–H groups in total. The molecule has 0 saturated carbocycles. The third kappa shape index (κ3) is 6.97. The molecule has 6 nitrogen and oxygen atoms in total. The van der Waals surface area contributed by atoms with Crippen molar-refractivity contribution in [1.29, 1.82) is 0 Å². The quantitative estimate of drug-likeness (QED) is 0.143. The summed E-state index contributed by atoms with van der Waals surface area (Å²) in [6.45, 7) is 0.796. The normalized spacial score (nSPS) is 11.3. The van der Waals surface area contributed by atoms with E-state index in [1.165, 1.54) is 13.2 Å². The zero-order chi connectivity index (χ0) is 26.7. The summed E-state index contributed by atoms with van der Waals surface area (Å²) in [7, 11) is 1.34. The Morgan fingerprint density at radius 3 is 2.18 bits per heavy atom. The molecule has 7 heteroatoms. The van der Waals surface area contributed by atoms with Crippen LogP contribution >= 0.6 is 0 Å². The summed E-state index contributed by atoms with van der Waals surface area (Å²) in [4.78, 5) is 25.7. The maximum absolute atomic E-state index is 13.7. The lowest BCUT2D eigenvalue weighted by atomic mass is 10.00. The lowest BCUT2D eigenvalue weighted by molar-refractivity contribution is -0.141. The van der Waals surface area contributed by atoms with E-state index < -0.39 is 12.0 Å². The molecule has 0 fully saturated rings. The number of ketones is 1. The van der Waals surface area contributed by atoms with Gasteiger partial charge in [-0.2, -0.15) is 0 Å². The first-order valence-corrected chi connectivity index (χ1v) is 12.3. The van der Waals surface area contributed by atoms with Gasteiger partial charge in [0.05, 0.1) is 12.8 Å². The van der Waals surface area contributed by atoms with Crippen LogP contribution in [-0.4, -0.2) is 38.1 Å². The molecule has 0 spiro atoms. The number of esters is 1. The van der Waals surface area contributed by atoms with E-state index in [1.54, 1.807) is 48.5 Å². The molecule has 0 bridgehead atoms. The molecule has 0 heterocycles. The van der Waals surface area contributed by atoms with E-state index in [1.807, 2.05) is 48.5 Å². The van der Waals surface area contributed by atoms with E-state index in [4.69, 9.17) is 9.47 Å². The summed E-state index contributed by atoms with van der Waals surface area (Å²) in [6.07, 6.45) is 0.343. The first-order chi connectivity index (χ1) is 18.5. The van der Waals surface area contributed by atoms with Gasteiger partial charge in [0.2, 0.25) is 0 Å². The minimum atomic E-state index is -0.707. The predicted octanol–water partition coefficient (Wildman–Crippen LogP) is 5.74.